The van der Waals surface area contributed by atoms with Crippen molar-refractivity contribution in [3.05, 3.63) is 42.5 Å². The summed E-state index contributed by atoms with van der Waals surface area (Å²) in [5.41, 5.74) is 5.34. The molecule has 128 valence electrons. The molecule has 2 aromatic rings. The van der Waals surface area contributed by atoms with Gasteiger partial charge in [-0.05, 0) is 48.8 Å². The fourth-order valence-corrected chi connectivity index (χ4v) is 3.20. The number of β-amino-alcohol motifs (C(OH)–C–C–N with tert-alkyl or cyclic N) is 1. The van der Waals surface area contributed by atoms with Crippen molar-refractivity contribution in [2.24, 2.45) is 11.7 Å². The zero-order valence-electron chi connectivity index (χ0n) is 13.7. The van der Waals surface area contributed by atoms with E-state index in [0.29, 0.717) is 6.54 Å². The molecule has 0 aromatic heterocycles. The van der Waals surface area contributed by atoms with E-state index in [1.165, 1.54) is 5.39 Å². The van der Waals surface area contributed by atoms with E-state index in [2.05, 4.69) is 11.0 Å². The van der Waals surface area contributed by atoms with Crippen LogP contribution >= 0.6 is 0 Å². The van der Waals surface area contributed by atoms with Crippen molar-refractivity contribution in [2.45, 2.75) is 18.9 Å². The third-order valence-electron chi connectivity index (χ3n) is 4.62. The summed E-state index contributed by atoms with van der Waals surface area (Å²) in [6.07, 6.45) is 0.989. The zero-order chi connectivity index (χ0) is 16.9. The highest BCUT2D eigenvalue weighted by molar-refractivity contribution is 5.83. The highest BCUT2D eigenvalue weighted by Gasteiger charge is 2.24. The van der Waals surface area contributed by atoms with E-state index in [0.717, 1.165) is 37.1 Å². The second-order valence-corrected chi connectivity index (χ2v) is 6.45. The summed E-state index contributed by atoms with van der Waals surface area (Å²) < 4.78 is 5.73. The molecule has 1 unspecified atom stereocenters. The van der Waals surface area contributed by atoms with E-state index < -0.39 is 6.10 Å². The van der Waals surface area contributed by atoms with Gasteiger partial charge in [0.05, 0.1) is 0 Å². The van der Waals surface area contributed by atoms with Gasteiger partial charge in [0.2, 0.25) is 5.91 Å². The molecular weight excluding hydrogens is 304 g/mol. The molecule has 0 saturated carbocycles. The van der Waals surface area contributed by atoms with Crippen LogP contribution < -0.4 is 10.5 Å². The number of benzene rings is 2. The molecule has 5 nitrogen and oxygen atoms in total. The molecule has 3 rings (SSSR count). The first-order valence-corrected chi connectivity index (χ1v) is 8.43. The molecule has 1 heterocycles. The number of piperidine rings is 1. The van der Waals surface area contributed by atoms with E-state index in [1.807, 2.05) is 36.4 Å². The molecule has 0 aliphatic carbocycles. The van der Waals surface area contributed by atoms with Gasteiger partial charge >= 0.3 is 0 Å². The maximum Gasteiger partial charge on any atom is 0.220 e. The van der Waals surface area contributed by atoms with Gasteiger partial charge in [0.25, 0.3) is 0 Å². The van der Waals surface area contributed by atoms with Crippen molar-refractivity contribution in [3.63, 3.8) is 0 Å². The van der Waals surface area contributed by atoms with Crippen molar-refractivity contribution in [3.8, 4) is 5.75 Å². The predicted octanol–water partition coefficient (Wildman–Crippen LogP) is 1.78. The fourth-order valence-electron chi connectivity index (χ4n) is 3.20. The molecule has 1 amide bonds. The number of ether oxygens (including phenoxy) is 1. The van der Waals surface area contributed by atoms with Gasteiger partial charge in [0, 0.05) is 12.5 Å². The smallest absolute Gasteiger partial charge is 0.220 e. The summed E-state index contributed by atoms with van der Waals surface area (Å²) in [5.74, 6) is 0.530. The third kappa shape index (κ3) is 4.24. The Labute approximate surface area is 142 Å². The first-order valence-electron chi connectivity index (χ1n) is 8.43. The van der Waals surface area contributed by atoms with Crippen LogP contribution in [0.2, 0.25) is 0 Å². The van der Waals surface area contributed by atoms with Crippen LogP contribution in [0, 0.1) is 5.92 Å². The molecule has 5 heteroatoms. The number of hydrogen-bond donors (Lipinski definition) is 2. The van der Waals surface area contributed by atoms with Crippen molar-refractivity contribution < 1.29 is 14.6 Å². The molecule has 3 N–H and O–H groups in total. The summed E-state index contributed by atoms with van der Waals surface area (Å²) in [5, 5.41) is 12.5. The van der Waals surface area contributed by atoms with Crippen LogP contribution in [0.5, 0.6) is 5.75 Å². The fraction of sp³-hybridized carbons (Fsp3) is 0.421. The van der Waals surface area contributed by atoms with Gasteiger partial charge < -0.3 is 20.5 Å². The molecule has 0 spiro atoms. The molecule has 0 bridgehead atoms. The van der Waals surface area contributed by atoms with Gasteiger partial charge in [-0.25, -0.2) is 0 Å². The van der Waals surface area contributed by atoms with Gasteiger partial charge in [-0.1, -0.05) is 30.3 Å². The number of carbonyl (C=O) groups excluding carboxylic acids is 1. The quantitative estimate of drug-likeness (QED) is 0.847. The number of aliphatic hydroxyl groups excluding tert-OH is 1. The lowest BCUT2D eigenvalue weighted by Crippen LogP contribution is -2.43. The summed E-state index contributed by atoms with van der Waals surface area (Å²) in [7, 11) is 0. The number of hydrogen-bond acceptors (Lipinski definition) is 4. The number of primary amides is 1. The first-order chi connectivity index (χ1) is 11.6. The molecule has 2 aromatic carbocycles. The molecule has 1 aliphatic heterocycles. The second-order valence-electron chi connectivity index (χ2n) is 6.45. The van der Waals surface area contributed by atoms with E-state index in [4.69, 9.17) is 10.5 Å². The number of fused-ring (bicyclic) bond motifs is 1. The average molecular weight is 328 g/mol. The number of nitrogens with zero attached hydrogens (tertiary/aromatic N) is 1. The van der Waals surface area contributed by atoms with E-state index in [9.17, 15) is 9.90 Å². The van der Waals surface area contributed by atoms with Crippen molar-refractivity contribution in [1.29, 1.82) is 0 Å². The Morgan fingerprint density at radius 1 is 1.21 bits per heavy atom. The average Bonchev–Trinajstić information content (AvgIpc) is 2.60. The van der Waals surface area contributed by atoms with Gasteiger partial charge in [-0.3, -0.25) is 4.79 Å². The number of amides is 1. The molecule has 1 aliphatic rings. The molecule has 1 fully saturated rings. The van der Waals surface area contributed by atoms with Crippen LogP contribution in [0.15, 0.2) is 42.5 Å². The number of nitrogens with two attached hydrogens (primary N) is 1. The Kier molecular flexibility index (Phi) is 5.33. The van der Waals surface area contributed by atoms with Crippen molar-refractivity contribution in [2.75, 3.05) is 26.2 Å². The maximum atomic E-state index is 11.2. The first kappa shape index (κ1) is 16.7. The van der Waals surface area contributed by atoms with Gasteiger partial charge in [0.1, 0.15) is 18.5 Å². The van der Waals surface area contributed by atoms with Crippen LogP contribution in [-0.2, 0) is 4.79 Å². The molecule has 24 heavy (non-hydrogen) atoms. The number of aliphatic hydroxyl groups is 1. The zero-order valence-corrected chi connectivity index (χ0v) is 13.7. The monoisotopic (exact) mass is 328 g/mol. The minimum Gasteiger partial charge on any atom is -0.491 e. The Morgan fingerprint density at radius 3 is 2.62 bits per heavy atom. The number of rotatable bonds is 6. The minimum absolute atomic E-state index is 0.0211. The van der Waals surface area contributed by atoms with Crippen LogP contribution in [0.3, 0.4) is 0 Å². The third-order valence-corrected chi connectivity index (χ3v) is 4.62. The van der Waals surface area contributed by atoms with E-state index in [1.54, 1.807) is 0 Å². The number of carbonyl (C=O) groups is 1. The summed E-state index contributed by atoms with van der Waals surface area (Å²) in [4.78, 5) is 13.3. The maximum absolute atomic E-state index is 11.2. The molecule has 1 saturated heterocycles. The molecule has 1 atom stereocenters. The van der Waals surface area contributed by atoms with E-state index in [-0.39, 0.29) is 18.4 Å². The van der Waals surface area contributed by atoms with E-state index >= 15 is 0 Å². The Morgan fingerprint density at radius 2 is 1.92 bits per heavy atom. The highest BCUT2D eigenvalue weighted by Crippen LogP contribution is 2.21. The highest BCUT2D eigenvalue weighted by atomic mass is 16.5. The molecular formula is C19H24N2O3. The van der Waals surface area contributed by atoms with Gasteiger partial charge in [0.15, 0.2) is 0 Å². The standard InChI is InChI=1S/C19H24N2O3/c20-19(23)15-7-9-21(10-8-15)12-17(22)13-24-18-6-5-14-3-1-2-4-16(14)11-18/h1-6,11,15,17,22H,7-10,12-13H2,(H2,20,23). The summed E-state index contributed by atoms with van der Waals surface area (Å²) in [6.45, 7) is 2.40. The van der Waals surface area contributed by atoms with Crippen LogP contribution in [0.4, 0.5) is 0 Å². The predicted molar refractivity (Wildman–Crippen MR) is 93.8 cm³/mol. The lowest BCUT2D eigenvalue weighted by molar-refractivity contribution is -0.123. The lowest BCUT2D eigenvalue weighted by atomic mass is 9.96. The summed E-state index contributed by atoms with van der Waals surface area (Å²) in [6, 6.07) is 14.0. The minimum atomic E-state index is -0.554. The largest absolute Gasteiger partial charge is 0.491 e. The van der Waals surface area contributed by atoms with Gasteiger partial charge in [-0.2, -0.15) is 0 Å². The Balaban J connectivity index is 1.46. The Hall–Kier alpha value is -2.11. The SMILES string of the molecule is NC(=O)C1CCN(CC(O)COc2ccc3ccccc3c2)CC1. The van der Waals surface area contributed by atoms with Crippen molar-refractivity contribution in [1.82, 2.24) is 4.90 Å². The van der Waals surface area contributed by atoms with Crippen molar-refractivity contribution >= 4 is 16.7 Å². The lowest BCUT2D eigenvalue weighted by Gasteiger charge is -2.31. The summed E-state index contributed by atoms with van der Waals surface area (Å²) >= 11 is 0. The topological polar surface area (TPSA) is 75.8 Å². The van der Waals surface area contributed by atoms with Crippen LogP contribution in [0.1, 0.15) is 12.8 Å². The molecule has 0 radical (unpaired) electrons. The van der Waals surface area contributed by atoms with Crippen LogP contribution in [-0.4, -0.2) is 48.3 Å². The van der Waals surface area contributed by atoms with Gasteiger partial charge in [-0.15, -0.1) is 0 Å². The number of likely N-dealkylation sites (tertiary alicyclic amines) is 1. The second kappa shape index (κ2) is 7.64. The normalized spacial score (nSPS) is 17.7. The van der Waals surface area contributed by atoms with Crippen LogP contribution in [0.25, 0.3) is 10.8 Å². The Bertz CT molecular complexity index is 696.